The van der Waals surface area contributed by atoms with Gasteiger partial charge >= 0.3 is 0 Å². The van der Waals surface area contributed by atoms with E-state index >= 15 is 0 Å². The summed E-state index contributed by atoms with van der Waals surface area (Å²) in [6.07, 6.45) is 69.2. The lowest BCUT2D eigenvalue weighted by molar-refractivity contribution is -0.303. The highest BCUT2D eigenvalue weighted by Crippen LogP contribution is 2.24. The number of aliphatic hydroxyl groups excluding tert-OH is 7. The Morgan fingerprint density at radius 2 is 0.714 bits per heavy atom. The molecule has 494 valence electrons. The zero-order valence-electron chi connectivity index (χ0n) is 54.6. The Hall–Kier alpha value is -1.93. The van der Waals surface area contributed by atoms with Gasteiger partial charge in [0.05, 0.1) is 25.4 Å². The molecule has 0 aromatic carbocycles. The van der Waals surface area contributed by atoms with Crippen LogP contribution in [0.1, 0.15) is 341 Å². The number of ether oxygens (including phenoxy) is 2. The molecule has 0 aliphatic carbocycles. The summed E-state index contributed by atoms with van der Waals surface area (Å²) >= 11 is 0. The minimum Gasteiger partial charge on any atom is -0.394 e. The topological polar surface area (TPSA) is 189 Å². The Morgan fingerprint density at radius 1 is 0.405 bits per heavy atom. The standard InChI is InChI=1S/C73H137NO10/c1-3-5-7-9-11-13-15-17-19-21-23-25-27-29-31-33-35-36-38-40-42-44-46-48-50-52-54-56-58-60-65(76)68(78)64(63-83-73-71(81)70(80)69(79)67(62-75)84-73)74-72(82)66(77)61-59-57-55-53-51-49-47-45-43-41-39-37-34-32-30-28-26-24-22-20-18-16-14-12-10-8-6-4-2/h30,32,36,38,44,46,52,54,64-71,73,75-81H,3-29,31,33-35,37,39-43,45,47-51,53,55-63H2,1-2H3,(H,74,82)/b32-30-,38-36+,46-44+,54-52+. The van der Waals surface area contributed by atoms with Crippen LogP contribution in [0.2, 0.25) is 0 Å². The number of hydrogen-bond donors (Lipinski definition) is 8. The number of nitrogens with one attached hydrogen (secondary N) is 1. The van der Waals surface area contributed by atoms with E-state index in [0.29, 0.717) is 19.3 Å². The van der Waals surface area contributed by atoms with E-state index < -0.39 is 74.2 Å². The van der Waals surface area contributed by atoms with Crippen LogP contribution < -0.4 is 5.32 Å². The monoisotopic (exact) mass is 1190 g/mol. The number of allylic oxidation sites excluding steroid dienone is 8. The molecule has 0 saturated carbocycles. The van der Waals surface area contributed by atoms with Crippen molar-refractivity contribution in [2.24, 2.45) is 0 Å². The van der Waals surface area contributed by atoms with E-state index in [9.17, 15) is 40.5 Å². The van der Waals surface area contributed by atoms with Crippen molar-refractivity contribution in [1.82, 2.24) is 5.32 Å². The molecule has 0 aromatic heterocycles. The van der Waals surface area contributed by atoms with Crippen LogP contribution in [-0.2, 0) is 14.3 Å². The van der Waals surface area contributed by atoms with Crippen molar-refractivity contribution in [1.29, 1.82) is 0 Å². The minimum absolute atomic E-state index is 0.241. The lowest BCUT2D eigenvalue weighted by atomic mass is 9.98. The first kappa shape index (κ1) is 80.1. The first-order chi connectivity index (χ1) is 41.2. The summed E-state index contributed by atoms with van der Waals surface area (Å²) < 4.78 is 11.2. The van der Waals surface area contributed by atoms with Gasteiger partial charge in [0.25, 0.3) is 0 Å². The van der Waals surface area contributed by atoms with Gasteiger partial charge in [0.1, 0.15) is 36.6 Å². The fourth-order valence-corrected chi connectivity index (χ4v) is 11.5. The molecule has 1 saturated heterocycles. The third-order valence-electron chi connectivity index (χ3n) is 17.3. The van der Waals surface area contributed by atoms with Crippen molar-refractivity contribution >= 4 is 5.91 Å². The Bertz CT molecular complexity index is 1510. The lowest BCUT2D eigenvalue weighted by Gasteiger charge is -2.40. The molecule has 9 unspecified atom stereocenters. The molecule has 11 heteroatoms. The SMILES string of the molecule is CCCCCCCCCCCCCC/C=C\CCCCCCCCCCCCCCC(O)C(=O)NC(COC1OC(CO)C(O)C(O)C1O)C(O)C(O)CCC/C=C/CC/C=C/CC/C=C/CCCCCCCCCCCCCCCCCC. The summed E-state index contributed by atoms with van der Waals surface area (Å²) in [6.45, 7) is 3.49. The van der Waals surface area contributed by atoms with Crippen LogP contribution in [0.15, 0.2) is 48.6 Å². The normalized spacial score (nSPS) is 19.2. The second kappa shape index (κ2) is 61.3. The van der Waals surface area contributed by atoms with Gasteiger partial charge in [-0.25, -0.2) is 0 Å². The highest BCUT2D eigenvalue weighted by atomic mass is 16.7. The third-order valence-corrected chi connectivity index (χ3v) is 17.3. The van der Waals surface area contributed by atoms with Crippen molar-refractivity contribution in [3.63, 3.8) is 0 Å². The Kier molecular flexibility index (Phi) is 58.5. The molecular weight excluding hydrogens is 1050 g/mol. The number of hydrogen-bond acceptors (Lipinski definition) is 10. The molecule has 9 atom stereocenters. The number of aliphatic hydroxyl groups is 7. The summed E-state index contributed by atoms with van der Waals surface area (Å²) in [5.74, 6) is -0.709. The van der Waals surface area contributed by atoms with Crippen molar-refractivity contribution in [2.45, 2.75) is 396 Å². The zero-order valence-corrected chi connectivity index (χ0v) is 54.6. The van der Waals surface area contributed by atoms with Crippen LogP contribution in [0.5, 0.6) is 0 Å². The summed E-state index contributed by atoms with van der Waals surface area (Å²) in [5.41, 5.74) is 0. The Morgan fingerprint density at radius 3 is 1.06 bits per heavy atom. The van der Waals surface area contributed by atoms with Crippen molar-refractivity contribution in [2.75, 3.05) is 13.2 Å². The van der Waals surface area contributed by atoms with E-state index in [1.807, 2.05) is 0 Å². The first-order valence-corrected chi connectivity index (χ1v) is 36.0. The molecule has 0 bridgehead atoms. The van der Waals surface area contributed by atoms with E-state index in [0.717, 1.165) is 44.9 Å². The van der Waals surface area contributed by atoms with Crippen molar-refractivity contribution in [3.05, 3.63) is 48.6 Å². The van der Waals surface area contributed by atoms with Gasteiger partial charge in [-0.2, -0.15) is 0 Å². The van der Waals surface area contributed by atoms with Crippen LogP contribution in [-0.4, -0.2) is 110 Å². The van der Waals surface area contributed by atoms with Crippen LogP contribution in [0.25, 0.3) is 0 Å². The lowest BCUT2D eigenvalue weighted by Crippen LogP contribution is -2.60. The van der Waals surface area contributed by atoms with Gasteiger partial charge < -0.3 is 50.5 Å². The number of unbranched alkanes of at least 4 members (excludes halogenated alkanes) is 43. The Labute approximate surface area is 517 Å². The average molecular weight is 1190 g/mol. The van der Waals surface area contributed by atoms with E-state index in [1.165, 1.54) is 250 Å². The smallest absolute Gasteiger partial charge is 0.249 e. The van der Waals surface area contributed by atoms with Gasteiger partial charge in [0, 0.05) is 0 Å². The summed E-state index contributed by atoms with van der Waals surface area (Å²) in [4.78, 5) is 13.3. The highest BCUT2D eigenvalue weighted by Gasteiger charge is 2.44. The van der Waals surface area contributed by atoms with Gasteiger partial charge in [-0.05, 0) is 89.9 Å². The molecule has 1 amide bonds. The molecule has 11 nitrogen and oxygen atoms in total. The molecule has 1 aliphatic heterocycles. The van der Waals surface area contributed by atoms with Crippen LogP contribution in [0.3, 0.4) is 0 Å². The number of carbonyl (C=O) groups excluding carboxylic acids is 1. The fourth-order valence-electron chi connectivity index (χ4n) is 11.5. The predicted molar refractivity (Wildman–Crippen MR) is 353 cm³/mol. The van der Waals surface area contributed by atoms with E-state index in [1.54, 1.807) is 0 Å². The molecule has 84 heavy (non-hydrogen) atoms. The molecule has 8 N–H and O–H groups in total. The molecular formula is C73H137NO10. The van der Waals surface area contributed by atoms with Crippen LogP contribution in [0.4, 0.5) is 0 Å². The second-order valence-corrected chi connectivity index (χ2v) is 25.3. The molecule has 0 radical (unpaired) electrons. The Balaban J connectivity index is 2.23. The van der Waals surface area contributed by atoms with Gasteiger partial charge in [0.15, 0.2) is 6.29 Å². The van der Waals surface area contributed by atoms with Crippen molar-refractivity contribution < 1.29 is 50.0 Å². The molecule has 1 fully saturated rings. The molecule has 1 aliphatic rings. The maximum Gasteiger partial charge on any atom is 0.249 e. The maximum absolute atomic E-state index is 13.3. The zero-order chi connectivity index (χ0) is 61.0. The van der Waals surface area contributed by atoms with E-state index in [4.69, 9.17) is 9.47 Å². The summed E-state index contributed by atoms with van der Waals surface area (Å²) in [6, 6.07) is -1.20. The average Bonchev–Trinajstić information content (AvgIpc) is 3.66. The van der Waals surface area contributed by atoms with Crippen LogP contribution >= 0.6 is 0 Å². The van der Waals surface area contributed by atoms with Crippen LogP contribution in [0, 0.1) is 0 Å². The summed E-state index contributed by atoms with van der Waals surface area (Å²) in [7, 11) is 0. The number of amides is 1. The van der Waals surface area contributed by atoms with Gasteiger partial charge in [-0.15, -0.1) is 0 Å². The molecule has 0 aromatic rings. The highest BCUT2D eigenvalue weighted by molar-refractivity contribution is 5.80. The first-order valence-electron chi connectivity index (χ1n) is 36.0. The third kappa shape index (κ3) is 48.1. The van der Waals surface area contributed by atoms with Gasteiger partial charge in [0.2, 0.25) is 5.91 Å². The number of carbonyl (C=O) groups is 1. The second-order valence-electron chi connectivity index (χ2n) is 25.3. The van der Waals surface area contributed by atoms with Gasteiger partial charge in [-0.1, -0.05) is 300 Å². The van der Waals surface area contributed by atoms with Gasteiger partial charge in [-0.3, -0.25) is 4.79 Å². The van der Waals surface area contributed by atoms with Crippen molar-refractivity contribution in [3.8, 4) is 0 Å². The predicted octanol–water partition coefficient (Wildman–Crippen LogP) is 17.5. The molecule has 0 spiro atoms. The van der Waals surface area contributed by atoms with E-state index in [-0.39, 0.29) is 12.8 Å². The largest absolute Gasteiger partial charge is 0.394 e. The fraction of sp³-hybridized carbons (Fsp3) is 0.877. The summed E-state index contributed by atoms with van der Waals surface area (Å²) in [5, 5.41) is 76.5. The quantitative estimate of drug-likeness (QED) is 0.0215. The molecule has 1 heterocycles. The minimum atomic E-state index is -1.68. The maximum atomic E-state index is 13.3. The molecule has 1 rings (SSSR count). The number of rotatable bonds is 63. The van der Waals surface area contributed by atoms with E-state index in [2.05, 4.69) is 67.8 Å².